The number of benzene rings is 1. The number of carbonyl (C=O) groups excluding carboxylic acids is 2. The van der Waals surface area contributed by atoms with Gasteiger partial charge in [-0.15, -0.1) is 0 Å². The molecule has 1 aliphatic heterocycles. The minimum atomic E-state index is -0.464. The second-order valence-corrected chi connectivity index (χ2v) is 3.98. The summed E-state index contributed by atoms with van der Waals surface area (Å²) in [7, 11) is 0. The van der Waals surface area contributed by atoms with Gasteiger partial charge in [-0.25, -0.2) is 9.69 Å². The number of nitrogens with zero attached hydrogens (tertiary/aromatic N) is 1. The van der Waals surface area contributed by atoms with Crippen molar-refractivity contribution < 1.29 is 14.0 Å². The minimum Gasteiger partial charge on any atom is -0.465 e. The van der Waals surface area contributed by atoms with Crippen LogP contribution >= 0.6 is 0 Å². The lowest BCUT2D eigenvalue weighted by Gasteiger charge is -2.10. The Kier molecular flexibility index (Phi) is 2.64. The third-order valence-electron chi connectivity index (χ3n) is 2.72. The number of amides is 3. The maximum absolute atomic E-state index is 12.2. The summed E-state index contributed by atoms with van der Waals surface area (Å²) in [5, 5.41) is 2.53. The fourth-order valence-electron chi connectivity index (χ4n) is 1.86. The lowest BCUT2D eigenvalue weighted by Crippen LogP contribution is -2.30. The molecule has 1 aromatic carbocycles. The fraction of sp³-hybridized carbons (Fsp3) is 0. The van der Waals surface area contributed by atoms with Crippen molar-refractivity contribution in [2.75, 3.05) is 4.90 Å². The Hall–Kier alpha value is -2.82. The van der Waals surface area contributed by atoms with E-state index in [4.69, 9.17) is 4.42 Å². The number of rotatable bonds is 2. The lowest BCUT2D eigenvalue weighted by molar-refractivity contribution is -0.113. The molecule has 0 aliphatic carbocycles. The third-order valence-corrected chi connectivity index (χ3v) is 2.72. The van der Waals surface area contributed by atoms with E-state index >= 15 is 0 Å². The Labute approximate surface area is 109 Å². The first-order valence-electron chi connectivity index (χ1n) is 5.71. The Balaban J connectivity index is 1.94. The molecule has 1 fully saturated rings. The highest BCUT2D eigenvalue weighted by atomic mass is 16.3. The average Bonchev–Trinajstić information content (AvgIpc) is 3.01. The summed E-state index contributed by atoms with van der Waals surface area (Å²) < 4.78 is 5.12. The van der Waals surface area contributed by atoms with Crippen molar-refractivity contribution in [3.8, 4) is 0 Å². The molecule has 0 bridgehead atoms. The Bertz CT molecular complexity index is 645. The van der Waals surface area contributed by atoms with Crippen molar-refractivity contribution >= 4 is 23.7 Å². The van der Waals surface area contributed by atoms with Gasteiger partial charge in [-0.1, -0.05) is 18.2 Å². The molecule has 3 amide bonds. The molecule has 0 unspecified atom stereocenters. The van der Waals surface area contributed by atoms with Crippen molar-refractivity contribution in [3.05, 3.63) is 60.2 Å². The molecule has 3 rings (SSSR count). The first kappa shape index (κ1) is 11.3. The number of anilines is 1. The number of nitrogens with one attached hydrogen (secondary N) is 1. The van der Waals surface area contributed by atoms with Crippen molar-refractivity contribution in [2.45, 2.75) is 0 Å². The number of hydrogen-bond donors (Lipinski definition) is 1. The van der Waals surface area contributed by atoms with E-state index in [1.165, 1.54) is 12.3 Å². The van der Waals surface area contributed by atoms with Crippen LogP contribution in [0.1, 0.15) is 5.76 Å². The van der Waals surface area contributed by atoms with Gasteiger partial charge in [-0.3, -0.25) is 4.79 Å². The molecule has 1 N–H and O–H groups in total. The van der Waals surface area contributed by atoms with E-state index in [-0.39, 0.29) is 5.70 Å². The second kappa shape index (κ2) is 4.45. The maximum Gasteiger partial charge on any atom is 0.333 e. The normalized spacial score (nSPS) is 17.1. The van der Waals surface area contributed by atoms with Crippen LogP contribution in [0.4, 0.5) is 10.5 Å². The van der Waals surface area contributed by atoms with Gasteiger partial charge >= 0.3 is 6.03 Å². The molecule has 1 aliphatic rings. The summed E-state index contributed by atoms with van der Waals surface area (Å²) in [5.41, 5.74) is 0.733. The highest BCUT2D eigenvalue weighted by Crippen LogP contribution is 2.21. The Morgan fingerprint density at radius 2 is 1.84 bits per heavy atom. The monoisotopic (exact) mass is 254 g/mol. The number of imide groups is 1. The molecule has 19 heavy (non-hydrogen) atoms. The molecule has 2 aromatic rings. The SMILES string of the molecule is O=C1N/C(=C/c2ccco2)C(=O)N1c1ccccc1. The van der Waals surface area contributed by atoms with E-state index in [9.17, 15) is 9.59 Å². The van der Waals surface area contributed by atoms with Crippen LogP contribution in [0, 0.1) is 0 Å². The number of para-hydroxylation sites is 1. The zero-order chi connectivity index (χ0) is 13.2. The summed E-state index contributed by atoms with van der Waals surface area (Å²) >= 11 is 0. The van der Waals surface area contributed by atoms with Crippen LogP contribution in [0.5, 0.6) is 0 Å². The molecule has 1 saturated heterocycles. The Morgan fingerprint density at radius 3 is 2.53 bits per heavy atom. The standard InChI is InChI=1S/C14H10N2O3/c17-13-12(9-11-7-4-8-19-11)15-14(18)16(13)10-5-2-1-3-6-10/h1-9H,(H,15,18)/b12-9+. The van der Waals surface area contributed by atoms with E-state index in [0.29, 0.717) is 11.4 Å². The molecule has 0 saturated carbocycles. The van der Waals surface area contributed by atoms with E-state index < -0.39 is 11.9 Å². The highest BCUT2D eigenvalue weighted by Gasteiger charge is 2.34. The van der Waals surface area contributed by atoms with E-state index in [1.807, 2.05) is 6.07 Å². The average molecular weight is 254 g/mol. The molecule has 0 atom stereocenters. The third kappa shape index (κ3) is 2.01. The minimum absolute atomic E-state index is 0.198. The molecule has 0 radical (unpaired) electrons. The molecule has 5 heteroatoms. The van der Waals surface area contributed by atoms with Crippen LogP contribution in [0.3, 0.4) is 0 Å². The number of urea groups is 1. The van der Waals surface area contributed by atoms with Gasteiger partial charge in [0, 0.05) is 6.08 Å². The summed E-state index contributed by atoms with van der Waals surface area (Å²) in [6.07, 6.45) is 3.01. The van der Waals surface area contributed by atoms with Crippen LogP contribution in [-0.2, 0) is 4.79 Å². The van der Waals surface area contributed by atoms with Crippen molar-refractivity contribution in [3.63, 3.8) is 0 Å². The van der Waals surface area contributed by atoms with E-state index in [1.54, 1.807) is 36.4 Å². The highest BCUT2D eigenvalue weighted by molar-refractivity contribution is 6.28. The molecule has 0 spiro atoms. The first-order chi connectivity index (χ1) is 9.25. The predicted molar refractivity (Wildman–Crippen MR) is 69.1 cm³/mol. The molecule has 94 valence electrons. The van der Waals surface area contributed by atoms with Crippen LogP contribution in [0.15, 0.2) is 58.8 Å². The summed E-state index contributed by atoms with van der Waals surface area (Å²) in [4.78, 5) is 25.1. The topological polar surface area (TPSA) is 62.6 Å². The molecular formula is C14H10N2O3. The Morgan fingerprint density at radius 1 is 1.05 bits per heavy atom. The number of furan rings is 1. The fourth-order valence-corrected chi connectivity index (χ4v) is 1.86. The van der Waals surface area contributed by atoms with Crippen LogP contribution in [0.25, 0.3) is 6.08 Å². The van der Waals surface area contributed by atoms with Crippen LogP contribution in [-0.4, -0.2) is 11.9 Å². The molecular weight excluding hydrogens is 244 g/mol. The van der Waals surface area contributed by atoms with E-state index in [0.717, 1.165) is 4.90 Å². The number of hydrogen-bond acceptors (Lipinski definition) is 3. The number of carbonyl (C=O) groups is 2. The molecule has 2 heterocycles. The lowest BCUT2D eigenvalue weighted by atomic mass is 10.3. The van der Waals surface area contributed by atoms with Crippen LogP contribution in [0.2, 0.25) is 0 Å². The predicted octanol–water partition coefficient (Wildman–Crippen LogP) is 2.38. The van der Waals surface area contributed by atoms with Crippen molar-refractivity contribution in [1.29, 1.82) is 0 Å². The van der Waals surface area contributed by atoms with Crippen molar-refractivity contribution in [2.24, 2.45) is 0 Å². The van der Waals surface area contributed by atoms with Gasteiger partial charge in [-0.2, -0.15) is 0 Å². The smallest absolute Gasteiger partial charge is 0.333 e. The van der Waals surface area contributed by atoms with Gasteiger partial charge in [0.25, 0.3) is 5.91 Å². The molecule has 1 aromatic heterocycles. The van der Waals surface area contributed by atoms with Gasteiger partial charge in [0.2, 0.25) is 0 Å². The zero-order valence-electron chi connectivity index (χ0n) is 9.87. The van der Waals surface area contributed by atoms with Gasteiger partial charge in [-0.05, 0) is 24.3 Å². The zero-order valence-corrected chi connectivity index (χ0v) is 9.87. The summed E-state index contributed by atoms with van der Waals surface area (Å²) in [6, 6.07) is 11.7. The summed E-state index contributed by atoms with van der Waals surface area (Å²) in [6.45, 7) is 0. The summed E-state index contributed by atoms with van der Waals surface area (Å²) in [5.74, 6) is 0.117. The van der Waals surface area contributed by atoms with Gasteiger partial charge in [0.1, 0.15) is 11.5 Å². The molecule has 5 nitrogen and oxygen atoms in total. The maximum atomic E-state index is 12.2. The quantitative estimate of drug-likeness (QED) is 0.661. The largest absolute Gasteiger partial charge is 0.465 e. The van der Waals surface area contributed by atoms with Gasteiger partial charge < -0.3 is 9.73 Å². The first-order valence-corrected chi connectivity index (χ1v) is 5.71. The van der Waals surface area contributed by atoms with Gasteiger partial charge in [0.05, 0.1) is 12.0 Å². The van der Waals surface area contributed by atoms with Crippen molar-refractivity contribution in [1.82, 2.24) is 5.32 Å². The van der Waals surface area contributed by atoms with E-state index in [2.05, 4.69) is 5.32 Å². The van der Waals surface area contributed by atoms with Gasteiger partial charge in [0.15, 0.2) is 0 Å². The second-order valence-electron chi connectivity index (χ2n) is 3.98. The van der Waals surface area contributed by atoms with Crippen LogP contribution < -0.4 is 10.2 Å².